The number of aromatic hydroxyl groups is 1. The third kappa shape index (κ3) is 4.98. The van der Waals surface area contributed by atoms with Crippen LogP contribution in [0, 0.1) is 13.8 Å². The van der Waals surface area contributed by atoms with E-state index in [-0.39, 0.29) is 23.7 Å². The first-order valence-electron chi connectivity index (χ1n) is 12.9. The summed E-state index contributed by atoms with van der Waals surface area (Å²) in [5, 5.41) is 18.1. The van der Waals surface area contributed by atoms with Gasteiger partial charge in [0.15, 0.2) is 5.11 Å². The Balaban J connectivity index is 1.66. The Morgan fingerprint density at radius 3 is 2.67 bits per heavy atom. The molecule has 0 aliphatic carbocycles. The molecule has 40 heavy (non-hydrogen) atoms. The van der Waals surface area contributed by atoms with Crippen molar-refractivity contribution in [2.75, 3.05) is 17.3 Å². The van der Waals surface area contributed by atoms with Gasteiger partial charge in [0, 0.05) is 40.8 Å². The lowest BCUT2D eigenvalue weighted by molar-refractivity contribution is -0.115. The van der Waals surface area contributed by atoms with Crippen LogP contribution in [0.25, 0.3) is 5.69 Å². The summed E-state index contributed by atoms with van der Waals surface area (Å²) in [7, 11) is 1.57. The Morgan fingerprint density at radius 2 is 1.98 bits per heavy atom. The van der Waals surface area contributed by atoms with E-state index in [9.17, 15) is 9.90 Å². The second-order valence-electron chi connectivity index (χ2n) is 9.58. The van der Waals surface area contributed by atoms with E-state index in [1.165, 1.54) is 0 Å². The number of phenolic OH excluding ortho intramolecular Hbond substituents is 1. The van der Waals surface area contributed by atoms with Crippen LogP contribution in [0.3, 0.4) is 0 Å². The zero-order valence-corrected chi connectivity index (χ0v) is 24.2. The largest absolute Gasteiger partial charge is 0.506 e. The van der Waals surface area contributed by atoms with Crippen molar-refractivity contribution in [3.8, 4) is 17.2 Å². The van der Waals surface area contributed by atoms with Crippen LogP contribution < -0.4 is 20.3 Å². The highest BCUT2D eigenvalue weighted by molar-refractivity contribution is 7.80. The molecule has 1 saturated heterocycles. The van der Waals surface area contributed by atoms with E-state index < -0.39 is 0 Å². The normalized spacial score (nSPS) is 16.6. The lowest BCUT2D eigenvalue weighted by Gasteiger charge is -2.29. The van der Waals surface area contributed by atoms with Crippen molar-refractivity contribution >= 4 is 46.2 Å². The standard InChI is InChI=1S/C30H30ClN5O3S/c1-5-27(38)33-22-11-10-20(16-26(22)39-4)36-29(28(34-30(36)40)23-8-6-7-13-32-23)21-14-17(2)35(18(21)3)24-15-19(31)9-12-25(24)37/h6-16,28-29,37H,5H2,1-4H3,(H,33,38)(H,34,40)/t28-,29-/m1/s1. The van der Waals surface area contributed by atoms with Crippen LogP contribution in [0.2, 0.25) is 5.02 Å². The Morgan fingerprint density at radius 1 is 1.18 bits per heavy atom. The number of anilines is 2. The predicted molar refractivity (Wildman–Crippen MR) is 162 cm³/mol. The Bertz CT molecular complexity index is 1590. The first-order valence-corrected chi connectivity index (χ1v) is 13.7. The minimum absolute atomic E-state index is 0.103. The highest BCUT2D eigenvalue weighted by atomic mass is 35.5. The second-order valence-corrected chi connectivity index (χ2v) is 10.4. The number of hydrogen-bond acceptors (Lipinski definition) is 5. The molecular formula is C30H30ClN5O3S. The van der Waals surface area contributed by atoms with Crippen LogP contribution >= 0.6 is 23.8 Å². The van der Waals surface area contributed by atoms with E-state index in [2.05, 4.69) is 21.7 Å². The van der Waals surface area contributed by atoms with Gasteiger partial charge in [0.25, 0.3) is 0 Å². The van der Waals surface area contributed by atoms with Crippen LogP contribution in [0.4, 0.5) is 11.4 Å². The van der Waals surface area contributed by atoms with Crippen molar-refractivity contribution in [3.05, 3.63) is 94.5 Å². The van der Waals surface area contributed by atoms with Gasteiger partial charge in [-0.15, -0.1) is 0 Å². The molecule has 1 amide bonds. The lowest BCUT2D eigenvalue weighted by Crippen LogP contribution is -2.29. The molecule has 2 aromatic heterocycles. The molecule has 4 aromatic rings. The topological polar surface area (TPSA) is 91.7 Å². The molecule has 0 radical (unpaired) electrons. The fourth-order valence-corrected chi connectivity index (χ4v) is 5.77. The molecule has 0 saturated carbocycles. The third-order valence-corrected chi connectivity index (χ3v) is 7.67. The number of phenols is 1. The number of amides is 1. The summed E-state index contributed by atoms with van der Waals surface area (Å²) in [6.07, 6.45) is 2.12. The van der Waals surface area contributed by atoms with Gasteiger partial charge in [0.2, 0.25) is 5.91 Å². The van der Waals surface area contributed by atoms with Crippen LogP contribution in [-0.2, 0) is 4.79 Å². The molecule has 0 unspecified atom stereocenters. The van der Waals surface area contributed by atoms with Gasteiger partial charge in [-0.25, -0.2) is 0 Å². The number of ether oxygens (including phenoxy) is 1. The molecule has 1 aliphatic rings. The maximum absolute atomic E-state index is 12.1. The molecule has 0 spiro atoms. The molecular weight excluding hydrogens is 546 g/mol. The SMILES string of the molecule is CCC(=O)Nc1ccc(N2C(=S)N[C@H](c3ccccn3)[C@H]2c2cc(C)n(-c3cc(Cl)ccc3O)c2C)cc1OC. The number of carbonyl (C=O) groups excluding carboxylic acids is 1. The fraction of sp³-hybridized carbons (Fsp3) is 0.233. The number of nitrogens with one attached hydrogen (secondary N) is 2. The molecule has 8 nitrogen and oxygen atoms in total. The zero-order valence-electron chi connectivity index (χ0n) is 22.6. The fourth-order valence-electron chi connectivity index (χ4n) is 5.25. The number of carbonyl (C=O) groups is 1. The lowest BCUT2D eigenvalue weighted by atomic mass is 9.96. The van der Waals surface area contributed by atoms with Crippen LogP contribution in [0.1, 0.15) is 48.1 Å². The Hall–Kier alpha value is -4.08. The number of aromatic nitrogens is 2. The summed E-state index contributed by atoms with van der Waals surface area (Å²) in [4.78, 5) is 18.8. The molecule has 3 heterocycles. The van der Waals surface area contributed by atoms with Gasteiger partial charge in [0.05, 0.1) is 36.3 Å². The number of rotatable bonds is 7. The van der Waals surface area contributed by atoms with E-state index in [0.717, 1.165) is 28.3 Å². The van der Waals surface area contributed by atoms with Gasteiger partial charge in [-0.1, -0.05) is 24.6 Å². The number of hydrogen-bond donors (Lipinski definition) is 3. The molecule has 206 valence electrons. The number of pyridine rings is 1. The second kappa shape index (κ2) is 11.2. The van der Waals surface area contributed by atoms with Crippen molar-refractivity contribution in [1.29, 1.82) is 0 Å². The maximum Gasteiger partial charge on any atom is 0.224 e. The van der Waals surface area contributed by atoms with Gasteiger partial charge in [0.1, 0.15) is 11.5 Å². The number of nitrogens with zero attached hydrogens (tertiary/aromatic N) is 3. The van der Waals surface area contributed by atoms with E-state index in [4.69, 9.17) is 28.6 Å². The molecule has 2 aromatic carbocycles. The molecule has 1 fully saturated rings. The van der Waals surface area contributed by atoms with Crippen molar-refractivity contribution < 1.29 is 14.6 Å². The number of methoxy groups -OCH3 is 1. The molecule has 1 aliphatic heterocycles. The average Bonchev–Trinajstić information content (AvgIpc) is 3.45. The molecule has 0 bridgehead atoms. The van der Waals surface area contributed by atoms with E-state index in [1.54, 1.807) is 38.4 Å². The third-order valence-electron chi connectivity index (χ3n) is 7.12. The van der Waals surface area contributed by atoms with Gasteiger partial charge >= 0.3 is 0 Å². The monoisotopic (exact) mass is 575 g/mol. The van der Waals surface area contributed by atoms with Crippen LogP contribution in [0.15, 0.2) is 66.9 Å². The summed E-state index contributed by atoms with van der Waals surface area (Å²) in [5.41, 5.74) is 5.68. The summed E-state index contributed by atoms with van der Waals surface area (Å²) < 4.78 is 7.64. The van der Waals surface area contributed by atoms with Crippen molar-refractivity contribution in [2.24, 2.45) is 0 Å². The highest BCUT2D eigenvalue weighted by Crippen LogP contribution is 2.45. The summed E-state index contributed by atoms with van der Waals surface area (Å²) in [6, 6.07) is 18.0. The van der Waals surface area contributed by atoms with Gasteiger partial charge in [-0.05, 0) is 80.2 Å². The smallest absolute Gasteiger partial charge is 0.224 e. The average molecular weight is 576 g/mol. The van der Waals surface area contributed by atoms with E-state index in [0.29, 0.717) is 33.7 Å². The van der Waals surface area contributed by atoms with Crippen molar-refractivity contribution in [2.45, 2.75) is 39.3 Å². The quantitative estimate of drug-likeness (QED) is 0.220. The van der Waals surface area contributed by atoms with Crippen molar-refractivity contribution in [3.63, 3.8) is 0 Å². The van der Waals surface area contributed by atoms with E-state index in [1.807, 2.05) is 59.7 Å². The number of benzene rings is 2. The highest BCUT2D eigenvalue weighted by Gasteiger charge is 2.42. The summed E-state index contributed by atoms with van der Waals surface area (Å²) in [5.74, 6) is 0.552. The van der Waals surface area contributed by atoms with Crippen LogP contribution in [-0.4, -0.2) is 32.8 Å². The van der Waals surface area contributed by atoms with Gasteiger partial charge in [-0.2, -0.15) is 0 Å². The van der Waals surface area contributed by atoms with Gasteiger partial charge < -0.3 is 29.9 Å². The number of thiocarbonyl (C=S) groups is 1. The summed E-state index contributed by atoms with van der Waals surface area (Å²) in [6.45, 7) is 5.81. The maximum atomic E-state index is 12.1. The first kappa shape index (κ1) is 27.5. The zero-order chi connectivity index (χ0) is 28.6. The minimum atomic E-state index is -0.288. The molecule has 5 rings (SSSR count). The first-order chi connectivity index (χ1) is 19.2. The molecule has 10 heteroatoms. The molecule has 3 N–H and O–H groups in total. The number of halogens is 1. The van der Waals surface area contributed by atoms with Gasteiger partial charge in [-0.3, -0.25) is 9.78 Å². The minimum Gasteiger partial charge on any atom is -0.506 e. The predicted octanol–water partition coefficient (Wildman–Crippen LogP) is 6.38. The molecule has 2 atom stereocenters. The Labute approximate surface area is 243 Å². The van der Waals surface area contributed by atoms with E-state index >= 15 is 0 Å². The van der Waals surface area contributed by atoms with Crippen LogP contribution in [0.5, 0.6) is 11.5 Å². The number of aryl methyl sites for hydroxylation is 1. The van der Waals surface area contributed by atoms with Crippen molar-refractivity contribution in [1.82, 2.24) is 14.9 Å². The summed E-state index contributed by atoms with van der Waals surface area (Å²) >= 11 is 12.2. The Kier molecular flexibility index (Phi) is 7.69.